The lowest BCUT2D eigenvalue weighted by molar-refractivity contribution is -0.117. The summed E-state index contributed by atoms with van der Waals surface area (Å²) < 4.78 is 15.8. The first kappa shape index (κ1) is 20.5. The summed E-state index contributed by atoms with van der Waals surface area (Å²) in [6.07, 6.45) is 0. The molecule has 1 atom stereocenters. The van der Waals surface area contributed by atoms with E-state index in [1.807, 2.05) is 26.0 Å². The third kappa shape index (κ3) is 3.14. The number of anilines is 1. The maximum Gasteiger partial charge on any atom is 0.296 e. The summed E-state index contributed by atoms with van der Waals surface area (Å²) >= 11 is 2.46. The number of Topliss-reactive ketones (excluding diaryl/α,β-unsaturated/α-hetero) is 1. The number of carbonyl (C=O) groups is 2. The molecule has 1 aliphatic rings. The predicted molar refractivity (Wildman–Crippen MR) is 124 cm³/mol. The summed E-state index contributed by atoms with van der Waals surface area (Å²) in [4.78, 5) is 32.7. The Morgan fingerprint density at radius 3 is 2.66 bits per heavy atom. The predicted octanol–water partition coefficient (Wildman–Crippen LogP) is 5.90. The molecule has 5 nitrogen and oxygen atoms in total. The van der Waals surface area contributed by atoms with Crippen molar-refractivity contribution in [1.82, 2.24) is 4.98 Å². The van der Waals surface area contributed by atoms with Crippen LogP contribution in [0.15, 0.2) is 65.2 Å². The van der Waals surface area contributed by atoms with Crippen molar-refractivity contribution >= 4 is 49.7 Å². The van der Waals surface area contributed by atoms with E-state index in [-0.39, 0.29) is 11.1 Å². The molecule has 1 aliphatic heterocycles. The molecule has 5 rings (SSSR count). The molecule has 1 N–H and O–H groups in total. The van der Waals surface area contributed by atoms with Gasteiger partial charge in [-0.05, 0) is 48.6 Å². The van der Waals surface area contributed by atoms with E-state index in [0.717, 1.165) is 21.3 Å². The lowest BCUT2D eigenvalue weighted by atomic mass is 9.95. The number of amides is 1. The standard InChI is InChI=1S/C24H17FN2O3S2/c1-12-10-13(2)19-17(11-12)32-24(26-19)27-20(14-6-3-4-7-15(14)25)18(22(29)23(27)30)21(28)16-8-5-9-31-16/h3-11,20,29H,1-2H3. The van der Waals surface area contributed by atoms with Gasteiger partial charge in [0.15, 0.2) is 10.9 Å². The molecule has 8 heteroatoms. The van der Waals surface area contributed by atoms with Crippen LogP contribution in [0.5, 0.6) is 0 Å². The molecule has 3 heterocycles. The number of aliphatic hydroxyl groups excluding tert-OH is 1. The molecule has 0 aliphatic carbocycles. The normalized spacial score (nSPS) is 16.4. The number of thiazole rings is 1. The van der Waals surface area contributed by atoms with Gasteiger partial charge in [0.1, 0.15) is 11.9 Å². The molecule has 0 radical (unpaired) electrons. The molecule has 0 spiro atoms. The van der Waals surface area contributed by atoms with Gasteiger partial charge in [-0.2, -0.15) is 0 Å². The van der Waals surface area contributed by atoms with E-state index >= 15 is 0 Å². The van der Waals surface area contributed by atoms with Crippen molar-refractivity contribution in [2.75, 3.05) is 4.90 Å². The number of benzene rings is 2. The third-order valence-electron chi connectivity index (χ3n) is 5.42. The third-order valence-corrected chi connectivity index (χ3v) is 7.29. The fourth-order valence-corrected chi connectivity index (χ4v) is 5.87. The molecule has 1 amide bonds. The van der Waals surface area contributed by atoms with Crippen LogP contribution in [0.2, 0.25) is 0 Å². The smallest absolute Gasteiger partial charge is 0.296 e. The SMILES string of the molecule is Cc1cc(C)c2nc(N3C(=O)C(O)=C(C(=O)c4cccs4)C3c3ccccc3F)sc2c1. The number of nitrogens with zero attached hydrogens (tertiary/aromatic N) is 2. The van der Waals surface area contributed by atoms with Gasteiger partial charge in [0.25, 0.3) is 5.91 Å². The van der Waals surface area contributed by atoms with Gasteiger partial charge >= 0.3 is 0 Å². The van der Waals surface area contributed by atoms with Crippen molar-refractivity contribution in [3.63, 3.8) is 0 Å². The number of aryl methyl sites for hydroxylation is 2. The summed E-state index contributed by atoms with van der Waals surface area (Å²) in [5.41, 5.74) is 2.71. The topological polar surface area (TPSA) is 70.5 Å². The van der Waals surface area contributed by atoms with Crippen LogP contribution >= 0.6 is 22.7 Å². The van der Waals surface area contributed by atoms with Crippen LogP contribution in [0.3, 0.4) is 0 Å². The number of aliphatic hydroxyl groups is 1. The Hall–Kier alpha value is -3.36. The molecule has 160 valence electrons. The van der Waals surface area contributed by atoms with Gasteiger partial charge in [0, 0.05) is 5.56 Å². The number of hydrogen-bond donors (Lipinski definition) is 1. The number of carbonyl (C=O) groups excluding carboxylic acids is 2. The van der Waals surface area contributed by atoms with E-state index in [1.54, 1.807) is 23.6 Å². The largest absolute Gasteiger partial charge is 0.503 e. The van der Waals surface area contributed by atoms with Crippen molar-refractivity contribution in [3.8, 4) is 0 Å². The maximum absolute atomic E-state index is 14.9. The molecule has 0 bridgehead atoms. The Kier molecular flexibility index (Phi) is 4.91. The van der Waals surface area contributed by atoms with E-state index in [9.17, 15) is 19.1 Å². The van der Waals surface area contributed by atoms with Crippen LogP contribution in [-0.4, -0.2) is 21.8 Å². The molecular weight excluding hydrogens is 447 g/mol. The van der Waals surface area contributed by atoms with Crippen LogP contribution in [0.25, 0.3) is 10.2 Å². The van der Waals surface area contributed by atoms with E-state index in [1.165, 1.54) is 45.8 Å². The van der Waals surface area contributed by atoms with Crippen molar-refractivity contribution in [3.05, 3.63) is 92.6 Å². The first-order chi connectivity index (χ1) is 15.4. The highest BCUT2D eigenvalue weighted by Gasteiger charge is 2.47. The van der Waals surface area contributed by atoms with E-state index < -0.39 is 29.3 Å². The minimum absolute atomic E-state index is 0.122. The first-order valence-electron chi connectivity index (χ1n) is 9.84. The first-order valence-corrected chi connectivity index (χ1v) is 11.5. The second-order valence-electron chi connectivity index (χ2n) is 7.59. The second kappa shape index (κ2) is 7.65. The average Bonchev–Trinajstić information content (AvgIpc) is 3.47. The summed E-state index contributed by atoms with van der Waals surface area (Å²) in [6, 6.07) is 12.1. The lowest BCUT2D eigenvalue weighted by Crippen LogP contribution is -2.31. The Morgan fingerprint density at radius 1 is 1.16 bits per heavy atom. The van der Waals surface area contributed by atoms with Crippen LogP contribution < -0.4 is 4.90 Å². The summed E-state index contributed by atoms with van der Waals surface area (Å²) in [5.74, 6) is -2.53. The molecule has 4 aromatic rings. The van der Waals surface area contributed by atoms with E-state index in [4.69, 9.17) is 0 Å². The van der Waals surface area contributed by atoms with Gasteiger partial charge in [-0.3, -0.25) is 14.5 Å². The zero-order valence-electron chi connectivity index (χ0n) is 17.1. The van der Waals surface area contributed by atoms with Crippen molar-refractivity contribution in [2.45, 2.75) is 19.9 Å². The van der Waals surface area contributed by atoms with E-state index in [2.05, 4.69) is 4.98 Å². The number of thiophene rings is 1. The Balaban J connectivity index is 1.72. The zero-order valence-corrected chi connectivity index (χ0v) is 18.8. The molecule has 2 aromatic carbocycles. The van der Waals surface area contributed by atoms with Gasteiger partial charge in [-0.1, -0.05) is 41.7 Å². The zero-order chi connectivity index (χ0) is 22.6. The molecule has 0 fully saturated rings. The van der Waals surface area contributed by atoms with Gasteiger partial charge in [-0.25, -0.2) is 9.37 Å². The Morgan fingerprint density at radius 2 is 1.94 bits per heavy atom. The van der Waals surface area contributed by atoms with Crippen LogP contribution in [0.1, 0.15) is 32.4 Å². The molecule has 2 aromatic heterocycles. The lowest BCUT2D eigenvalue weighted by Gasteiger charge is -2.24. The van der Waals surface area contributed by atoms with Crippen molar-refractivity contribution in [1.29, 1.82) is 0 Å². The number of ketones is 1. The Labute approximate surface area is 191 Å². The molecular formula is C24H17FN2O3S2. The van der Waals surface area contributed by atoms with Crippen molar-refractivity contribution in [2.24, 2.45) is 0 Å². The number of hydrogen-bond acceptors (Lipinski definition) is 6. The van der Waals surface area contributed by atoms with Crippen LogP contribution in [0, 0.1) is 19.7 Å². The van der Waals surface area contributed by atoms with Crippen molar-refractivity contribution < 1.29 is 19.1 Å². The van der Waals surface area contributed by atoms with Gasteiger partial charge in [-0.15, -0.1) is 11.3 Å². The molecule has 32 heavy (non-hydrogen) atoms. The monoisotopic (exact) mass is 464 g/mol. The highest BCUT2D eigenvalue weighted by atomic mass is 32.1. The highest BCUT2D eigenvalue weighted by molar-refractivity contribution is 7.22. The number of rotatable bonds is 4. The summed E-state index contributed by atoms with van der Waals surface area (Å²) in [5, 5.41) is 12.8. The second-order valence-corrected chi connectivity index (χ2v) is 9.55. The number of halogens is 1. The maximum atomic E-state index is 14.9. The fraction of sp³-hybridized carbons (Fsp3) is 0.125. The van der Waals surface area contributed by atoms with Gasteiger partial charge < -0.3 is 5.11 Å². The fourth-order valence-electron chi connectivity index (χ4n) is 4.03. The van der Waals surface area contributed by atoms with Crippen LogP contribution in [-0.2, 0) is 4.79 Å². The molecule has 0 saturated carbocycles. The quantitative estimate of drug-likeness (QED) is 0.382. The summed E-state index contributed by atoms with van der Waals surface area (Å²) in [7, 11) is 0. The molecule has 1 unspecified atom stereocenters. The van der Waals surface area contributed by atoms with Gasteiger partial charge in [0.05, 0.1) is 20.7 Å². The highest BCUT2D eigenvalue weighted by Crippen LogP contribution is 2.45. The van der Waals surface area contributed by atoms with Gasteiger partial charge in [0.2, 0.25) is 5.78 Å². The van der Waals surface area contributed by atoms with Crippen LogP contribution in [0.4, 0.5) is 9.52 Å². The minimum Gasteiger partial charge on any atom is -0.503 e. The Bertz CT molecular complexity index is 1420. The summed E-state index contributed by atoms with van der Waals surface area (Å²) in [6.45, 7) is 3.90. The average molecular weight is 465 g/mol. The minimum atomic E-state index is -1.12. The molecule has 0 saturated heterocycles. The van der Waals surface area contributed by atoms with E-state index in [0.29, 0.717) is 10.0 Å². The number of aromatic nitrogens is 1. The number of fused-ring (bicyclic) bond motifs is 1.